The van der Waals surface area contributed by atoms with E-state index in [9.17, 15) is 96.8 Å². The predicted molar refractivity (Wildman–Crippen MR) is 386 cm³/mol. The van der Waals surface area contributed by atoms with Crippen LogP contribution in [0.5, 0.6) is 0 Å². The molecule has 114 heavy (non-hydrogen) atoms. The molecule has 0 spiro atoms. The minimum absolute atomic E-state index is 0. The average Bonchev–Trinajstić information content (AvgIpc) is 1.67. The molecule has 9 unspecified atom stereocenters. The van der Waals surface area contributed by atoms with Crippen molar-refractivity contribution in [3.05, 3.63) is 0 Å². The molecule has 2 heterocycles. The topological polar surface area (TPSA) is 552 Å². The quantitative estimate of drug-likeness (QED) is 0.0159. The summed E-state index contributed by atoms with van der Waals surface area (Å²) >= 11 is 0. The first-order chi connectivity index (χ1) is 50.4. The van der Waals surface area contributed by atoms with Gasteiger partial charge in [-0.1, -0.05) is 142 Å². The number of likely N-dealkylation sites (tertiary alicyclic amines) is 2. The molecule has 618 valence electrons. The molecule has 11 N–H and O–H groups in total. The van der Waals surface area contributed by atoms with Crippen molar-refractivity contribution in [1.29, 1.82) is 0 Å². The third-order valence-electron chi connectivity index (χ3n) is 19.1. The van der Waals surface area contributed by atoms with Gasteiger partial charge in [-0.15, -0.1) is 0 Å². The molecule has 2 saturated heterocycles. The van der Waals surface area contributed by atoms with Gasteiger partial charge in [-0.3, -0.25) is 71.6 Å². The van der Waals surface area contributed by atoms with E-state index in [4.69, 9.17) is 0 Å². The van der Waals surface area contributed by atoms with Crippen LogP contribution in [-0.4, -0.2) is 202 Å². The van der Waals surface area contributed by atoms with Crippen LogP contribution in [0, 0.1) is 0 Å². The van der Waals surface area contributed by atoms with Gasteiger partial charge in [0.2, 0.25) is 59.1 Å². The summed E-state index contributed by atoms with van der Waals surface area (Å²) in [4.78, 5) is 223. The molecule has 2 aliphatic rings. The number of unbranched alkanes of at least 4 members (excludes halogenated alkanes) is 21. The number of carbonyl (C=O) groups is 14. The number of nitrogens with one attached hydrogen (secondary N) is 8. The molecule has 0 saturated carbocycles. The molecule has 0 aromatic rings. The second kappa shape index (κ2) is 79.2. The smallest absolute Gasteiger partial charge is 0.870 e. The van der Waals surface area contributed by atoms with Crippen molar-refractivity contribution >= 4 is 102 Å². The van der Waals surface area contributed by atoms with Gasteiger partial charge in [-0.25, -0.2) is 0 Å². The Morgan fingerprint density at radius 2 is 0.596 bits per heavy atom. The van der Waals surface area contributed by atoms with Gasteiger partial charge in [0.05, 0.1) is 6.04 Å². The Kier molecular flexibility index (Phi) is 88.4. The van der Waals surface area contributed by atoms with Gasteiger partial charge in [0, 0.05) is 50.4 Å². The number of hydrogen-bond acceptors (Lipinski definition) is 23. The van der Waals surface area contributed by atoms with Crippen LogP contribution in [0.1, 0.15) is 297 Å². The summed E-state index contributed by atoms with van der Waals surface area (Å²) in [5, 5.41) is 54.7. The van der Waals surface area contributed by atoms with Gasteiger partial charge in [0.15, 0.2) is 5.78 Å². The largest absolute Gasteiger partial charge is 1.00 e. The molecule has 39 heteroatoms. The first-order valence-electron chi connectivity index (χ1n) is 38.6. The van der Waals surface area contributed by atoms with Crippen molar-refractivity contribution in [3.63, 3.8) is 0 Å². The van der Waals surface area contributed by atoms with E-state index in [-0.39, 0.29) is 296 Å². The van der Waals surface area contributed by atoms with Crippen LogP contribution in [0.4, 0.5) is 0 Å². The fourth-order valence-electron chi connectivity index (χ4n) is 12.9. The predicted octanol–water partition coefficient (Wildman–Crippen LogP) is -16.6. The van der Waals surface area contributed by atoms with Crippen LogP contribution < -0.4 is 235 Å². The minimum atomic E-state index is -1.84. The van der Waals surface area contributed by atoms with Crippen molar-refractivity contribution in [2.24, 2.45) is 0 Å². The van der Waals surface area contributed by atoms with Crippen molar-refractivity contribution in [3.8, 4) is 0 Å². The fourth-order valence-corrected chi connectivity index (χ4v) is 12.9. The van der Waals surface area contributed by atoms with Crippen LogP contribution in [0.15, 0.2) is 0 Å². The Morgan fingerprint density at radius 1 is 0.333 bits per heavy atom. The Bertz CT molecular complexity index is 2790. The number of aliphatic carboxylic acids is 3. The Labute approximate surface area is 806 Å². The zero-order valence-corrected chi connectivity index (χ0v) is 81.6. The van der Waals surface area contributed by atoms with Crippen LogP contribution in [0.2, 0.25) is 0 Å². The number of amides is 10. The van der Waals surface area contributed by atoms with E-state index >= 15 is 0 Å². The summed E-state index contributed by atoms with van der Waals surface area (Å²) in [5.41, 5.74) is 0. The van der Waals surface area contributed by atoms with Gasteiger partial charge >= 0.3 is 177 Å². The number of carboxylic acid groups (broad SMARTS) is 3. The van der Waals surface area contributed by atoms with E-state index in [0.717, 1.165) is 64.7 Å². The van der Waals surface area contributed by atoms with Crippen molar-refractivity contribution in [2.75, 3.05) is 19.6 Å². The molecule has 0 aromatic carbocycles. The fraction of sp³-hybridized carbons (Fsp3) is 0.773. The number of carboxylic acids is 3. The van der Waals surface area contributed by atoms with Gasteiger partial charge in [0.25, 0.3) is 0 Å². The van der Waals surface area contributed by atoms with Gasteiger partial charge < -0.3 is 113 Å². The molecule has 0 bridgehead atoms. The SMILES string of the molecule is CCCCCCCCCCCCCC(=O)N1CCCC1C(=O)NC(CC[C-]=O)C(=O)NC(CC[C-]=O)C(=O)NC(CC[C-]=O)C(=O)NCCCCC(NC(=O)C(CCC(=O)[O-])NC(=O)C(CCC(=O)[O-])NC(=O)C(CCC(=O)[O-])NC(=O)C1CCCN1C(=O)CCCCCCCCCCCCC)C(C)=O.[Na+].[Na+].[Na+].[Na+].[Na+].[Na+].[OH-].[OH-].[OH-]. The van der Waals surface area contributed by atoms with Crippen LogP contribution in [0.3, 0.4) is 0 Å². The van der Waals surface area contributed by atoms with Crippen LogP contribution >= 0.6 is 0 Å². The van der Waals surface area contributed by atoms with E-state index in [1.54, 1.807) is 18.9 Å². The Morgan fingerprint density at radius 3 is 0.886 bits per heavy atom. The first-order valence-corrected chi connectivity index (χ1v) is 38.6. The zero-order chi connectivity index (χ0) is 77.7. The maximum Gasteiger partial charge on any atom is 1.00 e. The van der Waals surface area contributed by atoms with Gasteiger partial charge in [0.1, 0.15) is 48.3 Å². The molecule has 10 amide bonds. The first kappa shape index (κ1) is 127. The van der Waals surface area contributed by atoms with Gasteiger partial charge in [-0.05, 0) is 122 Å². The Hall–Kier alpha value is -2.33. The molecule has 33 nitrogen and oxygen atoms in total. The molecule has 2 rings (SSSR count). The van der Waals surface area contributed by atoms with E-state index < -0.39 is 164 Å². The molecule has 0 radical (unpaired) electrons. The van der Waals surface area contributed by atoms with Crippen molar-refractivity contribution in [2.45, 2.75) is 351 Å². The number of carbonyl (C=O) groups excluding carboxylic acids is 17. The third kappa shape index (κ3) is 57.0. The second-order valence-electron chi connectivity index (χ2n) is 27.7. The zero-order valence-electron chi connectivity index (χ0n) is 69.6. The number of hydrogen-bond donors (Lipinski definition) is 8. The van der Waals surface area contributed by atoms with E-state index in [1.165, 1.54) is 80.4 Å². The summed E-state index contributed by atoms with van der Waals surface area (Å²) in [6, 6.07) is -12.8. The maximum absolute atomic E-state index is 14.0. The molecule has 9 atom stereocenters. The third-order valence-corrected chi connectivity index (χ3v) is 19.1. The summed E-state index contributed by atoms with van der Waals surface area (Å²) < 4.78 is 0. The standard InChI is InChI=1S/C75H121N10O20.6Na.3H2O/c1-4-6-8-10-12-14-16-18-20-22-24-39-63(90)84-48-28-37-61(84)74(104)82-57(36-32-52-88)70(100)79-56(35-31-51-87)69(99)78-55(34-30-50-86)68(98)76-47-27-26-33-54(53(3)89)77-71(101)58(41-44-65(92)93)80-72(102)59(42-45-66(94)95)81-73(103)60(43-46-67(96)97)83-75(105)62-38-29-49-85(62)64(91)40-25-23-21-19-17-15-13-11-9-7-5-2;;;;;;;;;/h54-62H,4-49H2,1-3H3,(H,76,98)(H,77,101)(H,78,99)(H,79,100)(H,80,102)(H,81,103)(H,82,104)(H,83,105)(H,92,93)(H,94,95)(H,96,97);;;;;;;3*1H2/q-3;6*+1;;;/p-6. The van der Waals surface area contributed by atoms with Crippen LogP contribution in [0.25, 0.3) is 0 Å². The van der Waals surface area contributed by atoms with Crippen LogP contribution in [-0.2, 0) is 81.5 Å². The van der Waals surface area contributed by atoms with E-state index in [2.05, 4.69) is 56.4 Å². The van der Waals surface area contributed by atoms with E-state index in [1.807, 2.05) is 0 Å². The average molecular weight is 1670 g/mol. The summed E-state index contributed by atoms with van der Waals surface area (Å²) in [6.45, 7) is 5.97. The number of nitrogens with zero attached hydrogens (tertiary/aromatic N) is 2. The van der Waals surface area contributed by atoms with E-state index in [0.29, 0.717) is 38.6 Å². The molecule has 2 fully saturated rings. The second-order valence-corrected chi connectivity index (χ2v) is 27.7. The molecule has 0 aromatic heterocycles. The number of ketones is 1. The molecule has 2 aliphatic heterocycles. The van der Waals surface area contributed by atoms with Gasteiger partial charge in [-0.2, -0.15) is 19.3 Å². The maximum atomic E-state index is 14.0. The van der Waals surface area contributed by atoms with Crippen molar-refractivity contribution in [1.82, 2.24) is 52.3 Å². The minimum Gasteiger partial charge on any atom is -0.870 e. The number of Topliss-reactive ketones (excluding diaryl/α,β-unsaturated/α-hetero) is 1. The summed E-state index contributed by atoms with van der Waals surface area (Å²) in [5.74, 6) is -13.6. The summed E-state index contributed by atoms with van der Waals surface area (Å²) in [7, 11) is 0. The van der Waals surface area contributed by atoms with Crippen molar-refractivity contribution < 1.29 is 291 Å². The Balaban J connectivity index is -0.00000208. The molecular formula is C75H121N10Na6O23-3. The summed E-state index contributed by atoms with van der Waals surface area (Å²) in [6.07, 6.45) is 24.8. The normalized spacial score (nSPS) is 14.7. The number of rotatable bonds is 63. The molecule has 0 aliphatic carbocycles. The molecular weight excluding hydrogens is 1550 g/mol. The monoisotopic (exact) mass is 1670 g/mol.